The molecule has 1 aromatic carbocycles. The van der Waals surface area contributed by atoms with Crippen LogP contribution in [0, 0.1) is 0 Å². The van der Waals surface area contributed by atoms with E-state index in [1.165, 1.54) is 0 Å². The van der Waals surface area contributed by atoms with Gasteiger partial charge in [0.25, 0.3) is 5.91 Å². The predicted octanol–water partition coefficient (Wildman–Crippen LogP) is 2.53. The number of amides is 1. The molecular formula is C16H14N4O2. The van der Waals surface area contributed by atoms with Crippen LogP contribution >= 0.6 is 0 Å². The van der Waals surface area contributed by atoms with Gasteiger partial charge in [0.05, 0.1) is 12.8 Å². The van der Waals surface area contributed by atoms with Gasteiger partial charge in [0.15, 0.2) is 5.82 Å². The van der Waals surface area contributed by atoms with Crippen molar-refractivity contribution < 1.29 is 9.53 Å². The highest BCUT2D eigenvalue weighted by atomic mass is 16.5. The van der Waals surface area contributed by atoms with Crippen molar-refractivity contribution in [1.82, 2.24) is 14.8 Å². The van der Waals surface area contributed by atoms with Gasteiger partial charge >= 0.3 is 0 Å². The molecule has 3 aromatic rings. The number of pyridine rings is 1. The Balaban J connectivity index is 1.73. The van der Waals surface area contributed by atoms with Crippen molar-refractivity contribution in [2.45, 2.75) is 0 Å². The van der Waals surface area contributed by atoms with Gasteiger partial charge in [0.2, 0.25) is 0 Å². The zero-order chi connectivity index (χ0) is 15.4. The monoisotopic (exact) mass is 294 g/mol. The minimum Gasteiger partial charge on any atom is -0.497 e. The Bertz CT molecular complexity index is 766. The number of hydrogen-bond acceptors (Lipinski definition) is 4. The fraction of sp³-hybridized carbons (Fsp3) is 0.0625. The first-order chi connectivity index (χ1) is 10.8. The molecule has 2 aromatic heterocycles. The van der Waals surface area contributed by atoms with Gasteiger partial charge in [-0.25, -0.2) is 4.68 Å². The van der Waals surface area contributed by atoms with Gasteiger partial charge in [-0.05, 0) is 36.4 Å². The summed E-state index contributed by atoms with van der Waals surface area (Å²) in [6, 6.07) is 12.3. The lowest BCUT2D eigenvalue weighted by Gasteiger charge is -2.04. The number of anilines is 1. The van der Waals surface area contributed by atoms with Crippen molar-refractivity contribution in [3.8, 4) is 11.4 Å². The van der Waals surface area contributed by atoms with Crippen molar-refractivity contribution in [2.75, 3.05) is 12.4 Å². The molecule has 6 heteroatoms. The minimum atomic E-state index is -0.220. The van der Waals surface area contributed by atoms with Crippen LogP contribution in [0.3, 0.4) is 0 Å². The van der Waals surface area contributed by atoms with Crippen molar-refractivity contribution in [3.05, 3.63) is 66.6 Å². The second-order valence-corrected chi connectivity index (χ2v) is 4.53. The molecule has 0 spiro atoms. The van der Waals surface area contributed by atoms with E-state index in [0.717, 1.165) is 5.69 Å². The van der Waals surface area contributed by atoms with E-state index in [4.69, 9.17) is 4.74 Å². The Morgan fingerprint density at radius 2 is 1.82 bits per heavy atom. The van der Waals surface area contributed by atoms with E-state index >= 15 is 0 Å². The number of aromatic nitrogens is 3. The number of methoxy groups -OCH3 is 1. The molecule has 110 valence electrons. The Kier molecular flexibility index (Phi) is 3.82. The molecule has 1 amide bonds. The summed E-state index contributed by atoms with van der Waals surface area (Å²) in [5, 5.41) is 7.07. The molecule has 0 bridgehead atoms. The van der Waals surface area contributed by atoms with Gasteiger partial charge in [0.1, 0.15) is 5.75 Å². The molecule has 0 fully saturated rings. The average Bonchev–Trinajstić information content (AvgIpc) is 3.04. The van der Waals surface area contributed by atoms with E-state index in [1.54, 1.807) is 60.7 Å². The molecule has 0 atom stereocenters. The maximum Gasteiger partial charge on any atom is 0.256 e. The Hall–Kier alpha value is -3.15. The summed E-state index contributed by atoms with van der Waals surface area (Å²) in [5.74, 6) is 0.971. The SMILES string of the molecule is COc1ccc(C(=O)Nc2ccn(-c3ccncc3)n2)cc1. The van der Waals surface area contributed by atoms with E-state index in [9.17, 15) is 4.79 Å². The van der Waals surface area contributed by atoms with Gasteiger partial charge in [-0.1, -0.05) is 0 Å². The summed E-state index contributed by atoms with van der Waals surface area (Å²) in [4.78, 5) is 16.1. The van der Waals surface area contributed by atoms with Crippen LogP contribution < -0.4 is 10.1 Å². The largest absolute Gasteiger partial charge is 0.497 e. The topological polar surface area (TPSA) is 69.0 Å². The molecular weight excluding hydrogens is 280 g/mol. The van der Waals surface area contributed by atoms with Gasteiger partial charge in [-0.2, -0.15) is 5.10 Å². The van der Waals surface area contributed by atoms with E-state index in [1.807, 2.05) is 12.1 Å². The fourth-order valence-electron chi connectivity index (χ4n) is 1.96. The number of carbonyl (C=O) groups excluding carboxylic acids is 1. The highest BCUT2D eigenvalue weighted by Crippen LogP contribution is 2.14. The third-order valence-electron chi connectivity index (χ3n) is 3.11. The van der Waals surface area contributed by atoms with Crippen LogP contribution in [0.1, 0.15) is 10.4 Å². The molecule has 2 heterocycles. The zero-order valence-electron chi connectivity index (χ0n) is 11.9. The summed E-state index contributed by atoms with van der Waals surface area (Å²) in [7, 11) is 1.58. The highest BCUT2D eigenvalue weighted by molar-refractivity contribution is 6.03. The smallest absolute Gasteiger partial charge is 0.256 e. The summed E-state index contributed by atoms with van der Waals surface area (Å²) < 4.78 is 6.74. The normalized spacial score (nSPS) is 10.2. The highest BCUT2D eigenvalue weighted by Gasteiger charge is 2.08. The third-order valence-corrected chi connectivity index (χ3v) is 3.11. The van der Waals surface area contributed by atoms with Gasteiger partial charge in [0, 0.05) is 30.2 Å². The molecule has 0 saturated heterocycles. The number of hydrogen-bond donors (Lipinski definition) is 1. The van der Waals surface area contributed by atoms with Crippen molar-refractivity contribution in [2.24, 2.45) is 0 Å². The van der Waals surface area contributed by atoms with E-state index in [2.05, 4.69) is 15.4 Å². The van der Waals surface area contributed by atoms with Crippen LogP contribution in [0.25, 0.3) is 5.69 Å². The molecule has 3 rings (SSSR count). The summed E-state index contributed by atoms with van der Waals surface area (Å²) in [5.41, 5.74) is 1.42. The first-order valence-corrected chi connectivity index (χ1v) is 6.68. The number of nitrogens with zero attached hydrogens (tertiary/aromatic N) is 3. The Morgan fingerprint density at radius 3 is 2.50 bits per heavy atom. The van der Waals surface area contributed by atoms with Crippen LogP contribution in [0.2, 0.25) is 0 Å². The fourth-order valence-corrected chi connectivity index (χ4v) is 1.96. The van der Waals surface area contributed by atoms with Crippen molar-refractivity contribution >= 4 is 11.7 Å². The van der Waals surface area contributed by atoms with E-state index < -0.39 is 0 Å². The zero-order valence-corrected chi connectivity index (χ0v) is 11.9. The molecule has 0 aliphatic rings. The first kappa shape index (κ1) is 13.8. The number of ether oxygens (including phenoxy) is 1. The molecule has 1 N–H and O–H groups in total. The van der Waals surface area contributed by atoms with Crippen LogP contribution in [-0.4, -0.2) is 27.8 Å². The lowest BCUT2D eigenvalue weighted by atomic mass is 10.2. The number of rotatable bonds is 4. The molecule has 0 unspecified atom stereocenters. The lowest BCUT2D eigenvalue weighted by Crippen LogP contribution is -2.12. The maximum absolute atomic E-state index is 12.1. The summed E-state index contributed by atoms with van der Waals surface area (Å²) in [6.45, 7) is 0. The predicted molar refractivity (Wildman–Crippen MR) is 82.3 cm³/mol. The van der Waals surface area contributed by atoms with E-state index in [-0.39, 0.29) is 5.91 Å². The molecule has 0 aliphatic heterocycles. The second-order valence-electron chi connectivity index (χ2n) is 4.53. The maximum atomic E-state index is 12.1. The third kappa shape index (κ3) is 2.95. The number of carbonyl (C=O) groups is 1. The number of nitrogens with one attached hydrogen (secondary N) is 1. The van der Waals surface area contributed by atoms with Crippen molar-refractivity contribution in [1.29, 1.82) is 0 Å². The van der Waals surface area contributed by atoms with Crippen molar-refractivity contribution in [3.63, 3.8) is 0 Å². The number of benzene rings is 1. The van der Waals surface area contributed by atoms with Crippen LogP contribution in [0.5, 0.6) is 5.75 Å². The molecule has 0 saturated carbocycles. The van der Waals surface area contributed by atoms with Gasteiger partial charge < -0.3 is 10.1 Å². The standard InChI is InChI=1S/C16H14N4O2/c1-22-14-4-2-12(3-5-14)16(21)18-15-8-11-20(19-15)13-6-9-17-10-7-13/h2-11H,1H3,(H,18,19,21). The van der Waals surface area contributed by atoms with Crippen LogP contribution in [0.15, 0.2) is 61.1 Å². The van der Waals surface area contributed by atoms with Crippen LogP contribution in [-0.2, 0) is 0 Å². The molecule has 0 radical (unpaired) electrons. The molecule has 22 heavy (non-hydrogen) atoms. The molecule has 0 aliphatic carbocycles. The van der Waals surface area contributed by atoms with Gasteiger partial charge in [-0.15, -0.1) is 0 Å². The Morgan fingerprint density at radius 1 is 1.09 bits per heavy atom. The minimum absolute atomic E-state index is 0.220. The Labute approximate surface area is 127 Å². The summed E-state index contributed by atoms with van der Waals surface area (Å²) >= 11 is 0. The lowest BCUT2D eigenvalue weighted by molar-refractivity contribution is 0.102. The van der Waals surface area contributed by atoms with E-state index in [0.29, 0.717) is 17.1 Å². The quantitative estimate of drug-likeness (QED) is 0.802. The molecule has 6 nitrogen and oxygen atoms in total. The van der Waals surface area contributed by atoms with Crippen LogP contribution in [0.4, 0.5) is 5.82 Å². The average molecular weight is 294 g/mol. The van der Waals surface area contributed by atoms with Gasteiger partial charge in [-0.3, -0.25) is 9.78 Å². The first-order valence-electron chi connectivity index (χ1n) is 6.68. The summed E-state index contributed by atoms with van der Waals surface area (Å²) in [6.07, 6.45) is 5.15. The second kappa shape index (κ2) is 6.09.